The Morgan fingerprint density at radius 1 is 1.24 bits per heavy atom. The Labute approximate surface area is 152 Å². The van der Waals surface area contributed by atoms with Crippen LogP contribution in [0.3, 0.4) is 0 Å². The molecule has 1 aliphatic carbocycles. The van der Waals surface area contributed by atoms with Crippen molar-refractivity contribution in [1.82, 2.24) is 5.01 Å². The monoisotopic (exact) mass is 356 g/mol. The van der Waals surface area contributed by atoms with Gasteiger partial charge in [0.15, 0.2) is 0 Å². The van der Waals surface area contributed by atoms with Gasteiger partial charge in [-0.2, -0.15) is 5.10 Å². The van der Waals surface area contributed by atoms with Crippen molar-refractivity contribution < 1.29 is 9.84 Å². The highest BCUT2D eigenvalue weighted by molar-refractivity contribution is 6.30. The third-order valence-electron chi connectivity index (χ3n) is 5.14. The van der Waals surface area contributed by atoms with E-state index in [0.29, 0.717) is 12.5 Å². The van der Waals surface area contributed by atoms with E-state index in [0.717, 1.165) is 29.3 Å². The number of rotatable bonds is 4. The number of benzene rings is 2. The van der Waals surface area contributed by atoms with Crippen molar-refractivity contribution in [3.05, 3.63) is 64.2 Å². The molecule has 0 saturated carbocycles. The molecule has 2 aliphatic rings. The minimum absolute atomic E-state index is 0.0864. The van der Waals surface area contributed by atoms with Crippen molar-refractivity contribution in [2.24, 2.45) is 11.0 Å². The van der Waals surface area contributed by atoms with Crippen molar-refractivity contribution in [1.29, 1.82) is 0 Å². The molecular formula is C20H21ClN2O2. The van der Waals surface area contributed by atoms with Gasteiger partial charge in [0.2, 0.25) is 0 Å². The summed E-state index contributed by atoms with van der Waals surface area (Å²) in [6.07, 6.45) is 2.04. The van der Waals surface area contributed by atoms with Gasteiger partial charge in [0.05, 0.1) is 32.0 Å². The molecule has 0 fully saturated rings. The predicted octanol–water partition coefficient (Wildman–Crippen LogP) is 3.66. The van der Waals surface area contributed by atoms with E-state index in [2.05, 4.69) is 24.3 Å². The van der Waals surface area contributed by atoms with Gasteiger partial charge in [0, 0.05) is 16.5 Å². The zero-order valence-electron chi connectivity index (χ0n) is 14.2. The normalized spacial score (nSPS) is 21.6. The van der Waals surface area contributed by atoms with Crippen LogP contribution in [0.4, 0.5) is 0 Å². The Kier molecular flexibility index (Phi) is 4.40. The second kappa shape index (κ2) is 6.70. The maximum absolute atomic E-state index is 9.48. The van der Waals surface area contributed by atoms with Crippen molar-refractivity contribution in [2.75, 3.05) is 20.3 Å². The molecule has 1 aliphatic heterocycles. The largest absolute Gasteiger partial charge is 0.497 e. The third-order valence-corrected chi connectivity index (χ3v) is 5.40. The summed E-state index contributed by atoms with van der Waals surface area (Å²) in [5, 5.41) is 17.1. The van der Waals surface area contributed by atoms with Gasteiger partial charge in [-0.1, -0.05) is 23.7 Å². The zero-order chi connectivity index (χ0) is 17.4. The lowest BCUT2D eigenvalue weighted by Gasteiger charge is -2.30. The fraction of sp³-hybridized carbons (Fsp3) is 0.350. The Morgan fingerprint density at radius 3 is 2.76 bits per heavy atom. The minimum Gasteiger partial charge on any atom is -0.497 e. The molecule has 0 amide bonds. The number of nitrogens with zero attached hydrogens (tertiary/aromatic N) is 2. The van der Waals surface area contributed by atoms with Crippen LogP contribution in [0, 0.1) is 5.92 Å². The van der Waals surface area contributed by atoms with Gasteiger partial charge >= 0.3 is 0 Å². The second-order valence-corrected chi connectivity index (χ2v) is 6.97. The molecule has 0 unspecified atom stereocenters. The first-order valence-corrected chi connectivity index (χ1v) is 8.98. The van der Waals surface area contributed by atoms with E-state index < -0.39 is 0 Å². The quantitative estimate of drug-likeness (QED) is 0.909. The summed E-state index contributed by atoms with van der Waals surface area (Å²) in [4.78, 5) is 0. The van der Waals surface area contributed by atoms with Gasteiger partial charge in [0.25, 0.3) is 0 Å². The number of β-amino-alcohol motifs (C(OH)–C–C–N with tert-alkyl or cyclic N) is 1. The Balaban J connectivity index is 1.73. The average molecular weight is 357 g/mol. The standard InChI is InChI=1S/C20H21ClN2O2/c1-25-16-7-9-17-14(12-16)4-8-18-19(17)22-23(10-11-24)20(18)13-2-5-15(21)6-3-13/h2-3,5-7,9,12,18,20,24H,4,8,10-11H2,1H3/t18-,20+/m1/s1. The lowest BCUT2D eigenvalue weighted by atomic mass is 9.77. The van der Waals surface area contributed by atoms with Crippen molar-refractivity contribution in [2.45, 2.75) is 18.9 Å². The van der Waals surface area contributed by atoms with Gasteiger partial charge in [-0.15, -0.1) is 0 Å². The average Bonchev–Trinajstić information content (AvgIpc) is 3.00. The van der Waals surface area contributed by atoms with E-state index in [1.807, 2.05) is 23.2 Å². The summed E-state index contributed by atoms with van der Waals surface area (Å²) >= 11 is 6.05. The molecule has 4 nitrogen and oxygen atoms in total. The molecule has 0 bridgehead atoms. The SMILES string of the molecule is COc1ccc2c(c1)CC[C@@H]1C2=NN(CCO)[C@H]1c1ccc(Cl)cc1. The Hall–Kier alpha value is -2.04. The molecule has 4 rings (SSSR count). The first kappa shape index (κ1) is 16.4. The molecule has 2 atom stereocenters. The number of aryl methyl sites for hydroxylation is 1. The number of hydrazone groups is 1. The number of aliphatic hydroxyl groups excluding tert-OH is 1. The molecule has 2 aromatic rings. The first-order chi connectivity index (χ1) is 12.2. The number of hydrogen-bond acceptors (Lipinski definition) is 4. The van der Waals surface area contributed by atoms with Crippen LogP contribution in [0.15, 0.2) is 47.6 Å². The summed E-state index contributed by atoms with van der Waals surface area (Å²) in [5.74, 6) is 1.21. The highest BCUT2D eigenvalue weighted by Gasteiger charge is 2.41. The van der Waals surface area contributed by atoms with Crippen molar-refractivity contribution in [3.63, 3.8) is 0 Å². The third kappa shape index (κ3) is 2.90. The van der Waals surface area contributed by atoms with Crippen LogP contribution in [-0.2, 0) is 6.42 Å². The molecule has 1 heterocycles. The Bertz CT molecular complexity index is 804. The fourth-order valence-corrected chi connectivity index (χ4v) is 4.13. The fourth-order valence-electron chi connectivity index (χ4n) is 4.00. The summed E-state index contributed by atoms with van der Waals surface area (Å²) < 4.78 is 5.36. The van der Waals surface area contributed by atoms with E-state index >= 15 is 0 Å². The summed E-state index contributed by atoms with van der Waals surface area (Å²) in [5.41, 5.74) is 4.81. The molecule has 130 valence electrons. The van der Waals surface area contributed by atoms with Gasteiger partial charge in [-0.25, -0.2) is 0 Å². The van der Waals surface area contributed by atoms with Gasteiger partial charge < -0.3 is 9.84 Å². The number of ether oxygens (including phenoxy) is 1. The minimum atomic E-state index is 0.0864. The van der Waals surface area contributed by atoms with E-state index in [1.165, 1.54) is 16.7 Å². The van der Waals surface area contributed by atoms with E-state index in [4.69, 9.17) is 21.4 Å². The van der Waals surface area contributed by atoms with Crippen LogP contribution in [0.5, 0.6) is 5.75 Å². The van der Waals surface area contributed by atoms with E-state index in [-0.39, 0.29) is 12.6 Å². The maximum atomic E-state index is 9.48. The number of halogens is 1. The summed E-state index contributed by atoms with van der Waals surface area (Å²) in [7, 11) is 1.69. The Morgan fingerprint density at radius 2 is 2.04 bits per heavy atom. The number of methoxy groups -OCH3 is 1. The molecule has 0 spiro atoms. The summed E-state index contributed by atoms with van der Waals surface area (Å²) in [6.45, 7) is 0.613. The van der Waals surface area contributed by atoms with Crippen LogP contribution in [0.25, 0.3) is 0 Å². The number of fused-ring (bicyclic) bond motifs is 3. The number of aliphatic hydroxyl groups is 1. The van der Waals surface area contributed by atoms with Crippen LogP contribution in [0.2, 0.25) is 5.02 Å². The van der Waals surface area contributed by atoms with Gasteiger partial charge in [0.1, 0.15) is 5.75 Å². The molecule has 2 aromatic carbocycles. The van der Waals surface area contributed by atoms with Crippen molar-refractivity contribution in [3.8, 4) is 5.75 Å². The molecular weight excluding hydrogens is 336 g/mol. The van der Waals surface area contributed by atoms with Gasteiger partial charge in [-0.05, 0) is 54.3 Å². The molecule has 5 heteroatoms. The second-order valence-electron chi connectivity index (χ2n) is 6.54. The zero-order valence-corrected chi connectivity index (χ0v) is 14.9. The van der Waals surface area contributed by atoms with E-state index in [9.17, 15) is 5.11 Å². The first-order valence-electron chi connectivity index (χ1n) is 8.60. The number of hydrogen-bond donors (Lipinski definition) is 1. The molecule has 1 N–H and O–H groups in total. The van der Waals surface area contributed by atoms with Crippen LogP contribution >= 0.6 is 11.6 Å². The van der Waals surface area contributed by atoms with Crippen LogP contribution in [0.1, 0.15) is 29.2 Å². The lowest BCUT2D eigenvalue weighted by molar-refractivity contribution is 0.152. The molecule has 25 heavy (non-hydrogen) atoms. The molecule has 0 aromatic heterocycles. The topological polar surface area (TPSA) is 45.1 Å². The van der Waals surface area contributed by atoms with Gasteiger partial charge in [-0.3, -0.25) is 5.01 Å². The molecule has 0 radical (unpaired) electrons. The summed E-state index contributed by atoms with van der Waals surface area (Å²) in [6, 6.07) is 14.4. The van der Waals surface area contributed by atoms with E-state index in [1.54, 1.807) is 7.11 Å². The maximum Gasteiger partial charge on any atom is 0.119 e. The highest BCUT2D eigenvalue weighted by Crippen LogP contribution is 2.43. The predicted molar refractivity (Wildman–Crippen MR) is 99.3 cm³/mol. The molecule has 0 saturated heterocycles. The van der Waals surface area contributed by atoms with Crippen molar-refractivity contribution >= 4 is 17.3 Å². The lowest BCUT2D eigenvalue weighted by Crippen LogP contribution is -2.30. The highest BCUT2D eigenvalue weighted by atomic mass is 35.5. The van der Waals surface area contributed by atoms with Crippen LogP contribution in [-0.4, -0.2) is 36.1 Å². The smallest absolute Gasteiger partial charge is 0.119 e. The van der Waals surface area contributed by atoms with Crippen LogP contribution < -0.4 is 4.74 Å².